The summed E-state index contributed by atoms with van der Waals surface area (Å²) in [6, 6.07) is 0. The number of anilines is 1. The van der Waals surface area contributed by atoms with Crippen molar-refractivity contribution in [1.82, 2.24) is 15.3 Å². The van der Waals surface area contributed by atoms with Crippen molar-refractivity contribution in [3.05, 3.63) is 18.0 Å². The van der Waals surface area contributed by atoms with Gasteiger partial charge in [0.1, 0.15) is 0 Å². The van der Waals surface area contributed by atoms with Crippen LogP contribution in [0.1, 0.15) is 32.8 Å². The number of carbonyl (C=O) groups is 1. The Morgan fingerprint density at radius 1 is 1.39 bits per heavy atom. The Hall–Kier alpha value is -1.69. The van der Waals surface area contributed by atoms with Gasteiger partial charge in [0.2, 0.25) is 11.9 Å². The first kappa shape index (κ1) is 16.2. The second-order valence-corrected chi connectivity index (χ2v) is 6.93. The number of morpholine rings is 1. The Morgan fingerprint density at radius 2 is 2.13 bits per heavy atom. The Morgan fingerprint density at radius 3 is 2.78 bits per heavy atom. The van der Waals surface area contributed by atoms with Gasteiger partial charge in [-0.25, -0.2) is 9.97 Å². The van der Waals surface area contributed by atoms with Crippen LogP contribution < -0.4 is 10.2 Å². The summed E-state index contributed by atoms with van der Waals surface area (Å²) in [4.78, 5) is 23.4. The van der Waals surface area contributed by atoms with Crippen LogP contribution in [0.15, 0.2) is 12.4 Å². The summed E-state index contributed by atoms with van der Waals surface area (Å²) < 4.78 is 5.98. The van der Waals surface area contributed by atoms with E-state index in [1.807, 2.05) is 12.4 Å². The smallest absolute Gasteiger partial charge is 0.225 e. The van der Waals surface area contributed by atoms with Crippen molar-refractivity contribution < 1.29 is 9.53 Å². The molecule has 3 atom stereocenters. The number of ether oxygens (including phenoxy) is 1. The van der Waals surface area contributed by atoms with Crippen molar-refractivity contribution in [1.29, 1.82) is 0 Å². The fourth-order valence-corrected chi connectivity index (χ4v) is 3.23. The van der Waals surface area contributed by atoms with Crippen LogP contribution in [0.25, 0.3) is 0 Å². The number of hydrogen-bond donors (Lipinski definition) is 1. The molecular weight excluding hydrogens is 292 g/mol. The largest absolute Gasteiger partial charge is 0.370 e. The van der Waals surface area contributed by atoms with Crippen LogP contribution in [-0.2, 0) is 16.0 Å². The first-order chi connectivity index (χ1) is 11.1. The van der Waals surface area contributed by atoms with Gasteiger partial charge in [0.25, 0.3) is 0 Å². The lowest BCUT2D eigenvalue weighted by Crippen LogP contribution is -2.46. The van der Waals surface area contributed by atoms with Crippen molar-refractivity contribution in [3.8, 4) is 0 Å². The Balaban J connectivity index is 1.63. The summed E-state index contributed by atoms with van der Waals surface area (Å²) >= 11 is 0. The third-order valence-electron chi connectivity index (χ3n) is 4.56. The molecule has 6 heteroatoms. The molecule has 0 unspecified atom stereocenters. The van der Waals surface area contributed by atoms with Gasteiger partial charge in [-0.3, -0.25) is 4.79 Å². The molecule has 1 amide bonds. The predicted octanol–water partition coefficient (Wildman–Crippen LogP) is 1.40. The molecule has 0 aliphatic carbocycles. The standard InChI is InChI=1S/C17H26N4O2/c1-4-12-7-19-17(20-8-12)21-9-13-5-14(15(10-21)23-13)16(22)18-6-11(2)3/h7-8,11,13-15H,4-6,9-10H2,1-3H3,(H,18,22)/t13-,14+,15-/m0/s1. The quantitative estimate of drug-likeness (QED) is 0.889. The first-order valence-electron chi connectivity index (χ1n) is 8.55. The van der Waals surface area contributed by atoms with Crippen LogP contribution in [0.2, 0.25) is 0 Å². The van der Waals surface area contributed by atoms with Crippen molar-refractivity contribution in [3.63, 3.8) is 0 Å². The summed E-state index contributed by atoms with van der Waals surface area (Å²) in [5.74, 6) is 1.26. The highest BCUT2D eigenvalue weighted by molar-refractivity contribution is 5.79. The van der Waals surface area contributed by atoms with E-state index in [1.165, 1.54) is 0 Å². The Bertz CT molecular complexity index is 546. The third kappa shape index (κ3) is 3.63. The zero-order valence-electron chi connectivity index (χ0n) is 14.2. The van der Waals surface area contributed by atoms with Crippen molar-refractivity contribution in [2.24, 2.45) is 11.8 Å². The third-order valence-corrected chi connectivity index (χ3v) is 4.56. The highest BCUT2D eigenvalue weighted by Crippen LogP contribution is 2.33. The number of aromatic nitrogens is 2. The molecule has 2 bridgehead atoms. The van der Waals surface area contributed by atoms with Gasteiger partial charge in [0.05, 0.1) is 18.1 Å². The molecule has 0 radical (unpaired) electrons. The molecule has 6 nitrogen and oxygen atoms in total. The molecule has 2 aliphatic heterocycles. The van der Waals surface area contributed by atoms with Gasteiger partial charge in [-0.1, -0.05) is 20.8 Å². The normalized spacial score (nSPS) is 26.6. The summed E-state index contributed by atoms with van der Waals surface area (Å²) in [7, 11) is 0. The topological polar surface area (TPSA) is 67.4 Å². The fourth-order valence-electron chi connectivity index (χ4n) is 3.23. The monoisotopic (exact) mass is 318 g/mol. The van der Waals surface area contributed by atoms with Gasteiger partial charge in [0.15, 0.2) is 0 Å². The first-order valence-corrected chi connectivity index (χ1v) is 8.55. The highest BCUT2D eigenvalue weighted by atomic mass is 16.5. The van der Waals surface area contributed by atoms with Gasteiger partial charge < -0.3 is 15.0 Å². The van der Waals surface area contributed by atoms with Crippen molar-refractivity contribution in [2.45, 2.75) is 45.8 Å². The summed E-state index contributed by atoms with van der Waals surface area (Å²) in [6.07, 6.45) is 5.53. The minimum atomic E-state index is -0.0598. The SMILES string of the molecule is CCc1cnc(N2C[C@@H]3C[C@@H](C(=O)NCC(C)C)[C@H](C2)O3)nc1. The number of fused-ring (bicyclic) bond motifs is 2. The highest BCUT2D eigenvalue weighted by Gasteiger charge is 2.45. The minimum Gasteiger partial charge on any atom is -0.370 e. The van der Waals surface area contributed by atoms with E-state index in [9.17, 15) is 4.79 Å². The van der Waals surface area contributed by atoms with Crippen LogP contribution in [0.5, 0.6) is 0 Å². The van der Waals surface area contributed by atoms with Gasteiger partial charge in [-0.05, 0) is 24.3 Å². The van der Waals surface area contributed by atoms with E-state index < -0.39 is 0 Å². The number of hydrogen-bond acceptors (Lipinski definition) is 5. The van der Waals surface area contributed by atoms with E-state index in [0.29, 0.717) is 12.5 Å². The molecule has 3 heterocycles. The number of carbonyl (C=O) groups excluding carboxylic acids is 1. The molecule has 126 valence electrons. The number of rotatable bonds is 5. The molecule has 3 rings (SSSR count). The van der Waals surface area contributed by atoms with Crippen molar-refractivity contribution in [2.75, 3.05) is 24.5 Å². The zero-order chi connectivity index (χ0) is 16.4. The van der Waals surface area contributed by atoms with E-state index in [1.54, 1.807) is 0 Å². The van der Waals surface area contributed by atoms with E-state index in [-0.39, 0.29) is 24.0 Å². The molecule has 23 heavy (non-hydrogen) atoms. The maximum absolute atomic E-state index is 12.4. The Labute approximate surface area is 137 Å². The Kier molecular flexibility index (Phi) is 4.80. The second kappa shape index (κ2) is 6.83. The average molecular weight is 318 g/mol. The lowest BCUT2D eigenvalue weighted by molar-refractivity contribution is -0.126. The van der Waals surface area contributed by atoms with Gasteiger partial charge in [-0.2, -0.15) is 0 Å². The van der Waals surface area contributed by atoms with Crippen LogP contribution in [0.3, 0.4) is 0 Å². The molecule has 1 aromatic rings. The predicted molar refractivity (Wildman–Crippen MR) is 88.2 cm³/mol. The van der Waals surface area contributed by atoms with E-state index in [4.69, 9.17) is 4.74 Å². The van der Waals surface area contributed by atoms with Gasteiger partial charge >= 0.3 is 0 Å². The average Bonchev–Trinajstić information content (AvgIpc) is 2.86. The molecule has 2 fully saturated rings. The lowest BCUT2D eigenvalue weighted by Gasteiger charge is -2.32. The van der Waals surface area contributed by atoms with E-state index in [2.05, 4.69) is 41.0 Å². The molecule has 0 aromatic carbocycles. The summed E-state index contributed by atoms with van der Waals surface area (Å²) in [5.41, 5.74) is 1.14. The van der Waals surface area contributed by atoms with E-state index >= 15 is 0 Å². The molecule has 2 saturated heterocycles. The van der Waals surface area contributed by atoms with Crippen molar-refractivity contribution >= 4 is 11.9 Å². The molecule has 2 aliphatic rings. The van der Waals surface area contributed by atoms with Crippen LogP contribution in [-0.4, -0.2) is 47.7 Å². The minimum absolute atomic E-state index is 0.0568. The maximum Gasteiger partial charge on any atom is 0.225 e. The molecule has 1 N–H and O–H groups in total. The summed E-state index contributed by atoms with van der Waals surface area (Å²) in [6.45, 7) is 8.45. The zero-order valence-corrected chi connectivity index (χ0v) is 14.2. The van der Waals surface area contributed by atoms with E-state index in [0.717, 1.165) is 37.4 Å². The van der Waals surface area contributed by atoms with Crippen LogP contribution in [0, 0.1) is 11.8 Å². The maximum atomic E-state index is 12.4. The molecule has 1 aromatic heterocycles. The van der Waals surface area contributed by atoms with Gasteiger partial charge in [0, 0.05) is 32.0 Å². The number of aryl methyl sites for hydroxylation is 1. The number of nitrogens with one attached hydrogen (secondary N) is 1. The van der Waals surface area contributed by atoms with Crippen LogP contribution >= 0.6 is 0 Å². The number of nitrogens with zero attached hydrogens (tertiary/aromatic N) is 3. The van der Waals surface area contributed by atoms with Gasteiger partial charge in [-0.15, -0.1) is 0 Å². The number of amides is 1. The van der Waals surface area contributed by atoms with Crippen LogP contribution in [0.4, 0.5) is 5.95 Å². The lowest BCUT2D eigenvalue weighted by atomic mass is 9.99. The second-order valence-electron chi connectivity index (χ2n) is 6.93. The molecule has 0 saturated carbocycles. The fraction of sp³-hybridized carbons (Fsp3) is 0.706. The molecular formula is C17H26N4O2. The molecule has 0 spiro atoms. The summed E-state index contributed by atoms with van der Waals surface area (Å²) in [5, 5.41) is 3.04.